The third-order valence-electron chi connectivity index (χ3n) is 0.875. The first-order valence-corrected chi connectivity index (χ1v) is 2.52. The molecular weight excluding hydrogens is 100 g/mol. The Bertz CT molecular complexity index is 129. The van der Waals surface area contributed by atoms with Crippen LogP contribution < -0.4 is 5.73 Å². The molecule has 0 aromatic carbocycles. The SMILES string of the molecule is NC1C=CC=CN=C1. The molecule has 0 aliphatic carbocycles. The maximum absolute atomic E-state index is 5.46. The number of hydrogen-bond donors (Lipinski definition) is 1. The second-order valence-corrected chi connectivity index (χ2v) is 1.60. The Morgan fingerprint density at radius 2 is 2.25 bits per heavy atom. The molecule has 1 aliphatic heterocycles. The van der Waals surface area contributed by atoms with E-state index in [-0.39, 0.29) is 6.04 Å². The normalized spacial score (nSPS) is 25.9. The number of rotatable bonds is 0. The maximum atomic E-state index is 5.46. The van der Waals surface area contributed by atoms with Crippen molar-refractivity contribution in [1.29, 1.82) is 0 Å². The maximum Gasteiger partial charge on any atom is 0.0588 e. The van der Waals surface area contributed by atoms with Crippen molar-refractivity contribution in [2.45, 2.75) is 6.04 Å². The molecule has 0 saturated carbocycles. The number of hydrogen-bond acceptors (Lipinski definition) is 2. The molecule has 1 unspecified atom stereocenters. The van der Waals surface area contributed by atoms with Crippen LogP contribution in [0, 0.1) is 0 Å². The first-order valence-electron chi connectivity index (χ1n) is 2.52. The number of nitrogens with zero attached hydrogens (tertiary/aromatic N) is 1. The van der Waals surface area contributed by atoms with Gasteiger partial charge in [-0.05, 0) is 6.08 Å². The molecule has 1 heterocycles. The molecule has 0 saturated heterocycles. The number of nitrogens with two attached hydrogens (primary N) is 1. The molecule has 2 N–H and O–H groups in total. The van der Waals surface area contributed by atoms with E-state index < -0.39 is 0 Å². The zero-order valence-electron chi connectivity index (χ0n) is 4.49. The molecule has 0 spiro atoms. The largest absolute Gasteiger partial charge is 0.320 e. The van der Waals surface area contributed by atoms with E-state index >= 15 is 0 Å². The number of aliphatic imine (C=N–C) groups is 1. The van der Waals surface area contributed by atoms with Gasteiger partial charge in [-0.2, -0.15) is 0 Å². The van der Waals surface area contributed by atoms with Crippen molar-refractivity contribution in [3.8, 4) is 0 Å². The van der Waals surface area contributed by atoms with Crippen molar-refractivity contribution in [2.75, 3.05) is 0 Å². The molecule has 2 heteroatoms. The van der Waals surface area contributed by atoms with E-state index in [0.29, 0.717) is 0 Å². The molecule has 1 aliphatic rings. The third-order valence-corrected chi connectivity index (χ3v) is 0.875. The minimum Gasteiger partial charge on any atom is -0.320 e. The Morgan fingerprint density at radius 1 is 1.38 bits per heavy atom. The predicted molar refractivity (Wildman–Crippen MR) is 34.7 cm³/mol. The molecule has 0 aromatic heterocycles. The van der Waals surface area contributed by atoms with Crippen LogP contribution in [-0.4, -0.2) is 12.3 Å². The minimum absolute atomic E-state index is 0.00926. The minimum atomic E-state index is -0.00926. The van der Waals surface area contributed by atoms with E-state index in [1.807, 2.05) is 18.2 Å². The smallest absolute Gasteiger partial charge is 0.0588 e. The van der Waals surface area contributed by atoms with Gasteiger partial charge in [-0.1, -0.05) is 12.2 Å². The molecule has 42 valence electrons. The molecule has 0 amide bonds. The van der Waals surface area contributed by atoms with E-state index in [2.05, 4.69) is 4.99 Å². The Kier molecular flexibility index (Phi) is 1.59. The van der Waals surface area contributed by atoms with E-state index in [4.69, 9.17) is 5.73 Å². The number of allylic oxidation sites excluding steroid dienone is 2. The summed E-state index contributed by atoms with van der Waals surface area (Å²) in [7, 11) is 0. The highest BCUT2D eigenvalue weighted by Gasteiger charge is 1.88. The van der Waals surface area contributed by atoms with Crippen molar-refractivity contribution < 1.29 is 0 Å². The predicted octanol–water partition coefficient (Wildman–Crippen LogP) is 0.468. The van der Waals surface area contributed by atoms with Crippen molar-refractivity contribution in [2.24, 2.45) is 10.7 Å². The highest BCUT2D eigenvalue weighted by atomic mass is 14.7. The summed E-state index contributed by atoms with van der Waals surface area (Å²) in [6, 6.07) is -0.00926. The summed E-state index contributed by atoms with van der Waals surface area (Å²) < 4.78 is 0. The lowest BCUT2D eigenvalue weighted by atomic mass is 10.3. The molecule has 0 fully saturated rings. The van der Waals surface area contributed by atoms with Crippen LogP contribution in [0.25, 0.3) is 0 Å². The quantitative estimate of drug-likeness (QED) is 0.481. The molecule has 8 heavy (non-hydrogen) atoms. The molecular formula is C6H8N2. The average Bonchev–Trinajstić information content (AvgIpc) is 1.94. The summed E-state index contributed by atoms with van der Waals surface area (Å²) in [5.74, 6) is 0. The summed E-state index contributed by atoms with van der Waals surface area (Å²) in [5.41, 5.74) is 5.46. The highest BCUT2D eigenvalue weighted by Crippen LogP contribution is 1.86. The van der Waals surface area contributed by atoms with Crippen LogP contribution in [0.5, 0.6) is 0 Å². The van der Waals surface area contributed by atoms with Gasteiger partial charge in [0, 0.05) is 12.4 Å². The molecule has 0 bridgehead atoms. The van der Waals surface area contributed by atoms with Gasteiger partial charge in [0.1, 0.15) is 0 Å². The van der Waals surface area contributed by atoms with Gasteiger partial charge < -0.3 is 5.73 Å². The molecule has 1 rings (SSSR count). The fraction of sp³-hybridized carbons (Fsp3) is 0.167. The van der Waals surface area contributed by atoms with Crippen LogP contribution >= 0.6 is 0 Å². The monoisotopic (exact) mass is 108 g/mol. The average molecular weight is 108 g/mol. The summed E-state index contributed by atoms with van der Waals surface area (Å²) in [5, 5.41) is 0. The van der Waals surface area contributed by atoms with E-state index in [1.54, 1.807) is 12.4 Å². The van der Waals surface area contributed by atoms with E-state index in [9.17, 15) is 0 Å². The first-order chi connectivity index (χ1) is 3.89. The second-order valence-electron chi connectivity index (χ2n) is 1.60. The van der Waals surface area contributed by atoms with Crippen molar-refractivity contribution in [1.82, 2.24) is 0 Å². The van der Waals surface area contributed by atoms with Gasteiger partial charge >= 0.3 is 0 Å². The van der Waals surface area contributed by atoms with Gasteiger partial charge in [-0.3, -0.25) is 4.99 Å². The Morgan fingerprint density at radius 3 is 3.12 bits per heavy atom. The zero-order chi connectivity index (χ0) is 5.82. The zero-order valence-corrected chi connectivity index (χ0v) is 4.49. The fourth-order valence-corrected chi connectivity index (χ4v) is 0.491. The van der Waals surface area contributed by atoms with E-state index in [1.165, 1.54) is 0 Å². The lowest BCUT2D eigenvalue weighted by molar-refractivity contribution is 1.11. The van der Waals surface area contributed by atoms with Crippen LogP contribution in [0.4, 0.5) is 0 Å². The Hall–Kier alpha value is -0.890. The van der Waals surface area contributed by atoms with Gasteiger partial charge in [0.05, 0.1) is 6.04 Å². The van der Waals surface area contributed by atoms with Gasteiger partial charge in [0.15, 0.2) is 0 Å². The molecule has 0 radical (unpaired) electrons. The standard InChI is InChI=1S/C6H8N2/c7-6-3-1-2-4-8-5-6/h1-6H,7H2. The van der Waals surface area contributed by atoms with Crippen molar-refractivity contribution in [3.63, 3.8) is 0 Å². The summed E-state index contributed by atoms with van der Waals surface area (Å²) in [6.07, 6.45) is 9.03. The lowest BCUT2D eigenvalue weighted by Crippen LogP contribution is -2.17. The Labute approximate surface area is 48.4 Å². The first kappa shape index (κ1) is 5.25. The van der Waals surface area contributed by atoms with Gasteiger partial charge in [0.2, 0.25) is 0 Å². The van der Waals surface area contributed by atoms with Crippen LogP contribution in [0.2, 0.25) is 0 Å². The van der Waals surface area contributed by atoms with Crippen LogP contribution in [0.3, 0.4) is 0 Å². The summed E-state index contributed by atoms with van der Waals surface area (Å²) >= 11 is 0. The van der Waals surface area contributed by atoms with Crippen molar-refractivity contribution >= 4 is 6.21 Å². The van der Waals surface area contributed by atoms with Gasteiger partial charge in [-0.25, -0.2) is 0 Å². The van der Waals surface area contributed by atoms with Crippen LogP contribution in [0.1, 0.15) is 0 Å². The second kappa shape index (κ2) is 2.43. The third kappa shape index (κ3) is 1.31. The van der Waals surface area contributed by atoms with Crippen molar-refractivity contribution in [3.05, 3.63) is 24.4 Å². The molecule has 2 nitrogen and oxygen atoms in total. The summed E-state index contributed by atoms with van der Waals surface area (Å²) in [6.45, 7) is 0. The van der Waals surface area contributed by atoms with Gasteiger partial charge in [0.25, 0.3) is 0 Å². The summed E-state index contributed by atoms with van der Waals surface area (Å²) in [4.78, 5) is 3.86. The molecule has 1 atom stereocenters. The van der Waals surface area contributed by atoms with Crippen LogP contribution in [-0.2, 0) is 0 Å². The Balaban J connectivity index is 2.66. The van der Waals surface area contributed by atoms with Gasteiger partial charge in [-0.15, -0.1) is 0 Å². The molecule has 0 aromatic rings. The lowest BCUT2D eigenvalue weighted by Gasteiger charge is -1.90. The van der Waals surface area contributed by atoms with Crippen LogP contribution in [0.15, 0.2) is 29.4 Å². The van der Waals surface area contributed by atoms with E-state index in [0.717, 1.165) is 0 Å². The fourth-order valence-electron chi connectivity index (χ4n) is 0.491. The topological polar surface area (TPSA) is 38.4 Å². The highest BCUT2D eigenvalue weighted by molar-refractivity contribution is 5.68.